The summed E-state index contributed by atoms with van der Waals surface area (Å²) in [5.41, 5.74) is 0. The van der Waals surface area contributed by atoms with Crippen LogP contribution in [-0.4, -0.2) is 29.8 Å². The van der Waals surface area contributed by atoms with E-state index < -0.39 is 6.17 Å². The molecule has 0 saturated heterocycles. The molecule has 0 amide bonds. The van der Waals surface area contributed by atoms with Crippen molar-refractivity contribution in [3.05, 3.63) is 0 Å². The van der Waals surface area contributed by atoms with E-state index in [0.717, 1.165) is 18.6 Å². The van der Waals surface area contributed by atoms with E-state index in [2.05, 4.69) is 0 Å². The quantitative estimate of drug-likeness (QED) is 0.442. The normalized spacial score (nSPS) is 14.6. The lowest BCUT2D eigenvalue weighted by molar-refractivity contribution is -0.144. The highest BCUT2D eigenvalue weighted by atomic mass is 32.2. The van der Waals surface area contributed by atoms with Crippen LogP contribution in [0, 0.1) is 5.92 Å². The van der Waals surface area contributed by atoms with Gasteiger partial charge in [0.25, 0.3) is 0 Å². The molecule has 2 nitrogen and oxygen atoms in total. The number of ether oxygens (including phenoxy) is 1. The van der Waals surface area contributed by atoms with Crippen molar-refractivity contribution in [2.24, 2.45) is 5.92 Å². The lowest BCUT2D eigenvalue weighted by atomic mass is 10.2. The summed E-state index contributed by atoms with van der Waals surface area (Å²) in [5.74, 6) is 1.08. The first-order chi connectivity index (χ1) is 8.51. The Bertz CT molecular complexity index is 222. The third kappa shape index (κ3) is 8.78. The van der Waals surface area contributed by atoms with Crippen molar-refractivity contribution in [1.29, 1.82) is 0 Å². The Hall–Kier alpha value is -0.250. The summed E-state index contributed by atoms with van der Waals surface area (Å²) in [7, 11) is 0. The summed E-state index contributed by atoms with van der Waals surface area (Å²) in [5, 5.41) is -0.0940. The van der Waals surface area contributed by atoms with Gasteiger partial charge in [-0.3, -0.25) is 4.79 Å². The van der Waals surface area contributed by atoms with Gasteiger partial charge < -0.3 is 4.74 Å². The highest BCUT2D eigenvalue weighted by Gasteiger charge is 2.18. The van der Waals surface area contributed by atoms with Crippen molar-refractivity contribution in [3.63, 3.8) is 0 Å². The third-order valence-corrected chi connectivity index (χ3v) is 4.07. The highest BCUT2D eigenvalue weighted by Crippen LogP contribution is 2.19. The maximum atomic E-state index is 13.0. The van der Waals surface area contributed by atoms with Crippen LogP contribution in [-0.2, 0) is 9.53 Å². The van der Waals surface area contributed by atoms with Gasteiger partial charge in [0.15, 0.2) is 0 Å². The third-order valence-electron chi connectivity index (χ3n) is 2.62. The zero-order valence-corrected chi connectivity index (χ0v) is 12.9. The molecule has 0 aliphatic heterocycles. The minimum atomic E-state index is -0.696. The molecule has 0 heterocycles. The van der Waals surface area contributed by atoms with Crippen LogP contribution in [0.25, 0.3) is 0 Å². The van der Waals surface area contributed by atoms with Gasteiger partial charge in [-0.25, -0.2) is 4.39 Å². The molecule has 0 aliphatic carbocycles. The SMILES string of the molecule is CCC(F)CCCSC(CC)C(=O)OCC(C)C. The van der Waals surface area contributed by atoms with Gasteiger partial charge in [0.1, 0.15) is 5.25 Å². The minimum absolute atomic E-state index is 0.0940. The van der Waals surface area contributed by atoms with Gasteiger partial charge in [-0.1, -0.05) is 27.7 Å². The predicted octanol–water partition coefficient (Wildman–Crippen LogP) is 4.23. The average Bonchev–Trinajstić information content (AvgIpc) is 2.35. The van der Waals surface area contributed by atoms with Crippen LogP contribution >= 0.6 is 11.8 Å². The first-order valence-corrected chi connectivity index (χ1v) is 7.98. The fourth-order valence-electron chi connectivity index (χ4n) is 1.43. The molecule has 0 fully saturated rings. The van der Waals surface area contributed by atoms with Crippen LogP contribution in [0.3, 0.4) is 0 Å². The largest absolute Gasteiger partial charge is 0.465 e. The topological polar surface area (TPSA) is 26.3 Å². The molecule has 0 aliphatic rings. The number of esters is 1. The molecule has 4 heteroatoms. The van der Waals surface area contributed by atoms with Gasteiger partial charge in [0, 0.05) is 0 Å². The van der Waals surface area contributed by atoms with Crippen molar-refractivity contribution in [2.75, 3.05) is 12.4 Å². The fourth-order valence-corrected chi connectivity index (χ4v) is 2.49. The van der Waals surface area contributed by atoms with Crippen molar-refractivity contribution in [3.8, 4) is 0 Å². The standard InChI is InChI=1S/C14H27FO2S/c1-5-12(15)8-7-9-18-13(6-2)14(16)17-10-11(3)4/h11-13H,5-10H2,1-4H3. The predicted molar refractivity (Wildman–Crippen MR) is 76.8 cm³/mol. The molecule has 0 rings (SSSR count). The molecule has 2 unspecified atom stereocenters. The average molecular weight is 278 g/mol. The molecular weight excluding hydrogens is 251 g/mol. The Morgan fingerprint density at radius 3 is 2.44 bits per heavy atom. The van der Waals surface area contributed by atoms with E-state index in [4.69, 9.17) is 4.74 Å². The Labute approximate surface area is 115 Å². The summed E-state index contributed by atoms with van der Waals surface area (Å²) in [4.78, 5) is 11.7. The number of carbonyl (C=O) groups excluding carboxylic acids is 1. The lowest BCUT2D eigenvalue weighted by Crippen LogP contribution is -2.22. The maximum absolute atomic E-state index is 13.0. The van der Waals surface area contributed by atoms with E-state index in [1.807, 2.05) is 27.7 Å². The van der Waals surface area contributed by atoms with Gasteiger partial charge in [0.05, 0.1) is 12.8 Å². The molecule has 108 valence electrons. The van der Waals surface area contributed by atoms with E-state index in [-0.39, 0.29) is 11.2 Å². The lowest BCUT2D eigenvalue weighted by Gasteiger charge is -2.15. The number of carbonyl (C=O) groups is 1. The molecule has 18 heavy (non-hydrogen) atoms. The van der Waals surface area contributed by atoms with E-state index in [0.29, 0.717) is 25.4 Å². The van der Waals surface area contributed by atoms with Gasteiger partial charge in [-0.05, 0) is 37.4 Å². The van der Waals surface area contributed by atoms with Crippen molar-refractivity contribution in [1.82, 2.24) is 0 Å². The van der Waals surface area contributed by atoms with Crippen molar-refractivity contribution in [2.45, 2.75) is 64.8 Å². The Balaban J connectivity index is 3.78. The van der Waals surface area contributed by atoms with Crippen LogP contribution in [0.5, 0.6) is 0 Å². The molecule has 0 saturated carbocycles. The van der Waals surface area contributed by atoms with Crippen LogP contribution in [0.1, 0.15) is 53.4 Å². The summed E-state index contributed by atoms with van der Waals surface area (Å²) in [6.07, 6.45) is 2.08. The summed E-state index contributed by atoms with van der Waals surface area (Å²) < 4.78 is 18.2. The first-order valence-electron chi connectivity index (χ1n) is 6.93. The Morgan fingerprint density at radius 2 is 1.94 bits per heavy atom. The van der Waals surface area contributed by atoms with Gasteiger partial charge in [-0.2, -0.15) is 0 Å². The molecule has 2 atom stereocenters. The maximum Gasteiger partial charge on any atom is 0.319 e. The fraction of sp³-hybridized carbons (Fsp3) is 0.929. The second-order valence-corrected chi connectivity index (χ2v) is 6.25. The molecule has 0 aromatic rings. The molecule has 0 aromatic heterocycles. The molecule has 0 aromatic carbocycles. The number of halogens is 1. The molecule has 0 spiro atoms. The Kier molecular flexibility index (Phi) is 10.5. The molecule has 0 radical (unpaired) electrons. The smallest absolute Gasteiger partial charge is 0.319 e. The highest BCUT2D eigenvalue weighted by molar-refractivity contribution is 8.00. The van der Waals surface area contributed by atoms with Gasteiger partial charge in [0.2, 0.25) is 0 Å². The minimum Gasteiger partial charge on any atom is -0.465 e. The zero-order chi connectivity index (χ0) is 14.0. The molecule has 0 N–H and O–H groups in total. The summed E-state index contributed by atoms with van der Waals surface area (Å²) in [6.45, 7) is 8.37. The van der Waals surface area contributed by atoms with Crippen LogP contribution in [0.15, 0.2) is 0 Å². The second kappa shape index (κ2) is 10.7. The van der Waals surface area contributed by atoms with Crippen molar-refractivity contribution >= 4 is 17.7 Å². The number of hydrogen-bond donors (Lipinski definition) is 0. The first kappa shape index (κ1) is 17.8. The number of rotatable bonds is 10. The number of hydrogen-bond acceptors (Lipinski definition) is 3. The van der Waals surface area contributed by atoms with Crippen LogP contribution in [0.4, 0.5) is 4.39 Å². The van der Waals surface area contributed by atoms with Crippen LogP contribution in [0.2, 0.25) is 0 Å². The van der Waals surface area contributed by atoms with E-state index in [1.54, 1.807) is 11.8 Å². The second-order valence-electron chi connectivity index (χ2n) is 4.94. The zero-order valence-electron chi connectivity index (χ0n) is 12.1. The summed E-state index contributed by atoms with van der Waals surface area (Å²) >= 11 is 1.59. The van der Waals surface area contributed by atoms with Crippen molar-refractivity contribution < 1.29 is 13.9 Å². The van der Waals surface area contributed by atoms with E-state index >= 15 is 0 Å². The molecular formula is C14H27FO2S. The molecule has 0 bridgehead atoms. The summed E-state index contributed by atoms with van der Waals surface area (Å²) in [6, 6.07) is 0. The van der Waals surface area contributed by atoms with Gasteiger partial charge >= 0.3 is 5.97 Å². The Morgan fingerprint density at radius 1 is 1.28 bits per heavy atom. The monoisotopic (exact) mass is 278 g/mol. The number of thioether (sulfide) groups is 1. The number of alkyl halides is 1. The van der Waals surface area contributed by atoms with Gasteiger partial charge in [-0.15, -0.1) is 11.8 Å². The van der Waals surface area contributed by atoms with E-state index in [9.17, 15) is 9.18 Å². The van der Waals surface area contributed by atoms with Crippen LogP contribution < -0.4 is 0 Å². The van der Waals surface area contributed by atoms with E-state index in [1.165, 1.54) is 0 Å².